The van der Waals surface area contributed by atoms with Crippen LogP contribution in [0.2, 0.25) is 0 Å². The number of nitrogens with two attached hydrogens (primary N) is 1. The van der Waals surface area contributed by atoms with Crippen molar-refractivity contribution in [3.63, 3.8) is 0 Å². The lowest BCUT2D eigenvalue weighted by Crippen LogP contribution is -2.36. The molecular formula is C13H17BrN2S. The van der Waals surface area contributed by atoms with Crippen molar-refractivity contribution in [2.75, 3.05) is 5.75 Å². The summed E-state index contributed by atoms with van der Waals surface area (Å²) in [5, 5.41) is 0. The molecule has 1 unspecified atom stereocenters. The van der Waals surface area contributed by atoms with E-state index in [0.29, 0.717) is 6.04 Å². The van der Waals surface area contributed by atoms with Gasteiger partial charge in [0.05, 0.1) is 0 Å². The van der Waals surface area contributed by atoms with Crippen LogP contribution in [0.15, 0.2) is 33.6 Å². The van der Waals surface area contributed by atoms with Gasteiger partial charge in [-0.1, -0.05) is 22.0 Å². The Morgan fingerprint density at radius 3 is 3.00 bits per heavy atom. The Balaban J connectivity index is 2.38. The maximum Gasteiger partial charge on any atom is 0.0313 e. The molecule has 0 aromatic heterocycles. The van der Waals surface area contributed by atoms with Crippen molar-refractivity contribution in [2.45, 2.75) is 30.7 Å². The largest absolute Gasteiger partial charge is 0.271 e. The van der Waals surface area contributed by atoms with Crippen molar-refractivity contribution in [1.29, 1.82) is 0 Å². The van der Waals surface area contributed by atoms with Crippen molar-refractivity contribution in [3.05, 3.63) is 28.7 Å². The van der Waals surface area contributed by atoms with Crippen LogP contribution in [0.3, 0.4) is 0 Å². The van der Waals surface area contributed by atoms with Crippen molar-refractivity contribution in [1.82, 2.24) is 5.43 Å². The van der Waals surface area contributed by atoms with Crippen molar-refractivity contribution >= 4 is 27.7 Å². The number of thioether (sulfide) groups is 1. The van der Waals surface area contributed by atoms with Gasteiger partial charge < -0.3 is 0 Å². The van der Waals surface area contributed by atoms with E-state index >= 15 is 0 Å². The Bertz CT molecular complexity index is 398. The number of nitrogens with one attached hydrogen (secondary N) is 1. The number of halogens is 1. The average Bonchev–Trinajstić information content (AvgIpc) is 2.34. The minimum atomic E-state index is 0.305. The summed E-state index contributed by atoms with van der Waals surface area (Å²) < 4.78 is 1.11. The molecular weight excluding hydrogens is 296 g/mol. The van der Waals surface area contributed by atoms with Gasteiger partial charge >= 0.3 is 0 Å². The normalized spacial score (nSPS) is 11.7. The first-order chi connectivity index (χ1) is 8.26. The van der Waals surface area contributed by atoms with Crippen LogP contribution in [-0.2, 0) is 0 Å². The molecule has 0 saturated carbocycles. The van der Waals surface area contributed by atoms with Gasteiger partial charge in [0.1, 0.15) is 0 Å². The summed E-state index contributed by atoms with van der Waals surface area (Å²) in [5.41, 5.74) is 2.85. The molecule has 1 atom stereocenters. The van der Waals surface area contributed by atoms with E-state index in [1.165, 1.54) is 4.90 Å². The molecule has 0 bridgehead atoms. The molecule has 1 aromatic rings. The van der Waals surface area contributed by atoms with Gasteiger partial charge in [-0.05, 0) is 31.5 Å². The van der Waals surface area contributed by atoms with Crippen molar-refractivity contribution in [2.24, 2.45) is 5.84 Å². The minimum absolute atomic E-state index is 0.305. The highest BCUT2D eigenvalue weighted by molar-refractivity contribution is 9.10. The molecule has 0 spiro atoms. The second-order valence-electron chi connectivity index (χ2n) is 3.60. The Kier molecular flexibility index (Phi) is 7.38. The van der Waals surface area contributed by atoms with E-state index in [4.69, 9.17) is 5.84 Å². The first-order valence-electron chi connectivity index (χ1n) is 5.50. The van der Waals surface area contributed by atoms with Crippen LogP contribution in [0.25, 0.3) is 0 Å². The van der Waals surface area contributed by atoms with Crippen LogP contribution in [0.1, 0.15) is 19.8 Å². The van der Waals surface area contributed by atoms with Crippen molar-refractivity contribution in [3.8, 4) is 11.8 Å². The highest BCUT2D eigenvalue weighted by Gasteiger charge is 2.06. The lowest BCUT2D eigenvalue weighted by atomic mass is 10.2. The van der Waals surface area contributed by atoms with Gasteiger partial charge in [-0.25, -0.2) is 0 Å². The molecule has 0 aliphatic carbocycles. The van der Waals surface area contributed by atoms with Gasteiger partial charge in [0.2, 0.25) is 0 Å². The van der Waals surface area contributed by atoms with E-state index in [9.17, 15) is 0 Å². The number of rotatable bonds is 6. The Morgan fingerprint density at radius 1 is 1.53 bits per heavy atom. The van der Waals surface area contributed by atoms with E-state index in [1.807, 2.05) is 19.1 Å². The molecule has 0 fully saturated rings. The molecule has 92 valence electrons. The molecule has 0 heterocycles. The Morgan fingerprint density at radius 2 is 2.35 bits per heavy atom. The highest BCUT2D eigenvalue weighted by Crippen LogP contribution is 2.23. The van der Waals surface area contributed by atoms with Gasteiger partial charge in [-0.2, -0.15) is 0 Å². The first-order valence-corrected chi connectivity index (χ1v) is 7.28. The summed E-state index contributed by atoms with van der Waals surface area (Å²) in [6.45, 7) is 1.86. The number of benzene rings is 1. The summed E-state index contributed by atoms with van der Waals surface area (Å²) in [4.78, 5) is 1.25. The average molecular weight is 313 g/mol. The SMILES string of the molecule is CC#CCCC(CSc1cccc(Br)c1)NN. The molecule has 0 aliphatic rings. The Labute approximate surface area is 116 Å². The molecule has 1 aromatic carbocycles. The molecule has 0 amide bonds. The standard InChI is InChI=1S/C13H17BrN2S/c1-2-3-4-7-12(16-15)10-17-13-8-5-6-11(14)9-13/h5-6,8-9,12,16H,4,7,10,15H2,1H3. The maximum atomic E-state index is 5.53. The third-order valence-electron chi connectivity index (χ3n) is 2.28. The highest BCUT2D eigenvalue weighted by atomic mass is 79.9. The van der Waals surface area contributed by atoms with Gasteiger partial charge in [-0.15, -0.1) is 23.6 Å². The summed E-state index contributed by atoms with van der Waals surface area (Å²) in [6.07, 6.45) is 1.88. The van der Waals surface area contributed by atoms with E-state index in [1.54, 1.807) is 11.8 Å². The Hall–Kier alpha value is -0.470. The fourth-order valence-corrected chi connectivity index (χ4v) is 2.93. The number of hydrogen-bond donors (Lipinski definition) is 2. The van der Waals surface area contributed by atoms with E-state index in [-0.39, 0.29) is 0 Å². The lowest BCUT2D eigenvalue weighted by molar-refractivity contribution is 0.547. The van der Waals surface area contributed by atoms with Crippen LogP contribution in [0.5, 0.6) is 0 Å². The third-order valence-corrected chi connectivity index (χ3v) is 3.93. The molecule has 2 nitrogen and oxygen atoms in total. The fraction of sp³-hybridized carbons (Fsp3) is 0.385. The maximum absolute atomic E-state index is 5.53. The zero-order valence-electron chi connectivity index (χ0n) is 9.87. The molecule has 0 aliphatic heterocycles. The zero-order chi connectivity index (χ0) is 12.5. The van der Waals surface area contributed by atoms with Crippen LogP contribution in [0, 0.1) is 11.8 Å². The monoisotopic (exact) mass is 312 g/mol. The van der Waals surface area contributed by atoms with Crippen LogP contribution < -0.4 is 11.3 Å². The lowest BCUT2D eigenvalue weighted by Gasteiger charge is -2.13. The fourth-order valence-electron chi connectivity index (χ4n) is 1.34. The van der Waals surface area contributed by atoms with Crippen LogP contribution >= 0.6 is 27.7 Å². The van der Waals surface area contributed by atoms with Gasteiger partial charge in [0.25, 0.3) is 0 Å². The molecule has 17 heavy (non-hydrogen) atoms. The summed E-state index contributed by atoms with van der Waals surface area (Å²) in [6, 6.07) is 8.60. The summed E-state index contributed by atoms with van der Waals surface area (Å²) in [5.74, 6) is 12.4. The van der Waals surface area contributed by atoms with Crippen LogP contribution in [-0.4, -0.2) is 11.8 Å². The van der Waals surface area contributed by atoms with E-state index in [2.05, 4.69) is 45.3 Å². The summed E-state index contributed by atoms with van der Waals surface area (Å²) in [7, 11) is 0. The van der Waals surface area contributed by atoms with Gasteiger partial charge in [-0.3, -0.25) is 11.3 Å². The van der Waals surface area contributed by atoms with Crippen molar-refractivity contribution < 1.29 is 0 Å². The zero-order valence-corrected chi connectivity index (χ0v) is 12.3. The second kappa shape index (κ2) is 8.60. The van der Waals surface area contributed by atoms with E-state index < -0.39 is 0 Å². The van der Waals surface area contributed by atoms with E-state index in [0.717, 1.165) is 23.1 Å². The molecule has 0 radical (unpaired) electrons. The molecule has 0 saturated heterocycles. The summed E-state index contributed by atoms with van der Waals surface area (Å²) >= 11 is 5.27. The quantitative estimate of drug-likeness (QED) is 0.367. The number of hydrazine groups is 1. The third kappa shape index (κ3) is 6.13. The molecule has 1 rings (SSSR count). The van der Waals surface area contributed by atoms with Gasteiger partial charge in [0.15, 0.2) is 0 Å². The molecule has 4 heteroatoms. The van der Waals surface area contributed by atoms with Crippen LogP contribution in [0.4, 0.5) is 0 Å². The minimum Gasteiger partial charge on any atom is -0.271 e. The first kappa shape index (κ1) is 14.6. The molecule has 3 N–H and O–H groups in total. The predicted molar refractivity (Wildman–Crippen MR) is 78.7 cm³/mol. The smallest absolute Gasteiger partial charge is 0.0313 e. The topological polar surface area (TPSA) is 38.0 Å². The van der Waals surface area contributed by atoms with Gasteiger partial charge in [0, 0.05) is 27.6 Å². The predicted octanol–water partition coefficient (Wildman–Crippen LogP) is 3.18. The second-order valence-corrected chi connectivity index (χ2v) is 5.61. The number of hydrogen-bond acceptors (Lipinski definition) is 3.